The Morgan fingerprint density at radius 3 is 1.30 bits per heavy atom. The second-order valence-electron chi connectivity index (χ2n) is 25.0. The minimum absolute atomic E-state index is 0.00704. The zero-order chi connectivity index (χ0) is 50.7. The summed E-state index contributed by atoms with van der Waals surface area (Å²) >= 11 is 3.99. The Morgan fingerprint density at radius 2 is 0.808 bits per heavy atom. The van der Waals surface area contributed by atoms with Gasteiger partial charge in [0.2, 0.25) is 0 Å². The molecule has 0 N–H and O–H groups in total. The standard InChI is InChI=1S/C68H63BN2S2/c1-65(2,3)41-25-29-44(30-26-41)70-56-22-17-23-57-60(56)69(63-61(70)53-37-42(66(4,5)6)27-34-58(53)72-63)64-62(54-38-43(67(7,8)9)28-35-59(54)73-64)71(57)45-31-33-55(68(10,11)12)51(39-45)40-24-32-50-48-20-14-13-18-46(48)47-19-15-16-21-49(47)52(50)36-40/h13-39H,1-12H3. The highest BCUT2D eigenvalue weighted by molar-refractivity contribution is 7.40. The van der Waals surface area contributed by atoms with Crippen LogP contribution in [0.2, 0.25) is 0 Å². The first-order chi connectivity index (χ1) is 34.7. The van der Waals surface area contributed by atoms with Crippen LogP contribution >= 0.6 is 22.7 Å². The molecule has 2 aliphatic rings. The average Bonchev–Trinajstić information content (AvgIpc) is 3.95. The Morgan fingerprint density at radius 1 is 0.356 bits per heavy atom. The largest absolute Gasteiger partial charge is 0.310 e. The molecule has 0 aliphatic carbocycles. The van der Waals surface area contributed by atoms with Crippen molar-refractivity contribution in [2.24, 2.45) is 0 Å². The third-order valence-corrected chi connectivity index (χ3v) is 18.5. The van der Waals surface area contributed by atoms with Gasteiger partial charge in [0, 0.05) is 52.5 Å². The summed E-state index contributed by atoms with van der Waals surface area (Å²) in [5.41, 5.74) is 16.7. The van der Waals surface area contributed by atoms with Gasteiger partial charge in [-0.25, -0.2) is 0 Å². The van der Waals surface area contributed by atoms with E-state index in [1.165, 1.54) is 135 Å². The highest BCUT2D eigenvalue weighted by Gasteiger charge is 2.47. The summed E-state index contributed by atoms with van der Waals surface area (Å²) in [4.78, 5) is 5.28. The Hall–Kier alpha value is -6.66. The summed E-state index contributed by atoms with van der Waals surface area (Å²) in [6, 6.07) is 63.6. The van der Waals surface area contributed by atoms with Crippen LogP contribution < -0.4 is 24.8 Å². The van der Waals surface area contributed by atoms with Gasteiger partial charge < -0.3 is 9.80 Å². The maximum Gasteiger partial charge on any atom is 0.277 e. The van der Waals surface area contributed by atoms with E-state index in [1.807, 2.05) is 22.7 Å². The van der Waals surface area contributed by atoms with E-state index < -0.39 is 0 Å². The van der Waals surface area contributed by atoms with Crippen LogP contribution in [0.3, 0.4) is 0 Å². The smallest absolute Gasteiger partial charge is 0.277 e. The fraction of sp³-hybridized carbons (Fsp3) is 0.235. The van der Waals surface area contributed by atoms with Gasteiger partial charge in [-0.1, -0.05) is 180 Å². The molecule has 360 valence electrons. The molecule has 0 fully saturated rings. The molecular weight excluding hydrogens is 920 g/mol. The molecule has 2 nitrogen and oxygen atoms in total. The van der Waals surface area contributed by atoms with E-state index in [0.717, 1.165) is 0 Å². The molecule has 9 aromatic carbocycles. The monoisotopic (exact) mass is 982 g/mol. The molecule has 0 unspecified atom stereocenters. The summed E-state index contributed by atoms with van der Waals surface area (Å²) in [7, 11) is 0. The molecule has 0 saturated heterocycles. The molecule has 0 atom stereocenters. The Labute approximate surface area is 440 Å². The lowest BCUT2D eigenvalue weighted by Gasteiger charge is -2.42. The minimum Gasteiger partial charge on any atom is -0.310 e. The predicted molar refractivity (Wildman–Crippen MR) is 324 cm³/mol. The lowest BCUT2D eigenvalue weighted by molar-refractivity contribution is 0.590. The molecule has 0 saturated carbocycles. The van der Waals surface area contributed by atoms with E-state index in [-0.39, 0.29) is 28.4 Å². The summed E-state index contributed by atoms with van der Waals surface area (Å²) in [6.07, 6.45) is 0. The third kappa shape index (κ3) is 7.16. The molecule has 73 heavy (non-hydrogen) atoms. The van der Waals surface area contributed by atoms with Crippen LogP contribution in [-0.4, -0.2) is 6.71 Å². The van der Waals surface area contributed by atoms with Crippen molar-refractivity contribution >= 4 is 131 Å². The number of hydrogen-bond donors (Lipinski definition) is 0. The number of hydrogen-bond acceptors (Lipinski definition) is 4. The minimum atomic E-state index is -0.109. The molecule has 2 aromatic heterocycles. The van der Waals surface area contributed by atoms with Crippen LogP contribution in [-0.2, 0) is 21.7 Å². The van der Waals surface area contributed by atoms with Crippen molar-refractivity contribution < 1.29 is 0 Å². The second-order valence-corrected chi connectivity index (χ2v) is 27.2. The zero-order valence-corrected chi connectivity index (χ0v) is 46.0. The topological polar surface area (TPSA) is 6.48 Å². The first-order valence-electron chi connectivity index (χ1n) is 26.2. The number of nitrogens with zero attached hydrogens (tertiary/aromatic N) is 2. The van der Waals surface area contributed by atoms with E-state index in [0.29, 0.717) is 0 Å². The van der Waals surface area contributed by atoms with E-state index in [4.69, 9.17) is 0 Å². The van der Waals surface area contributed by atoms with Crippen LogP contribution in [0.1, 0.15) is 105 Å². The Balaban J connectivity index is 1.10. The molecule has 0 amide bonds. The van der Waals surface area contributed by atoms with Crippen molar-refractivity contribution in [3.8, 4) is 11.1 Å². The molecule has 0 bridgehead atoms. The van der Waals surface area contributed by atoms with Gasteiger partial charge in [0.25, 0.3) is 6.71 Å². The van der Waals surface area contributed by atoms with Crippen LogP contribution in [0.25, 0.3) is 63.6 Å². The highest BCUT2D eigenvalue weighted by atomic mass is 32.1. The average molecular weight is 983 g/mol. The maximum absolute atomic E-state index is 2.66. The predicted octanol–water partition coefficient (Wildman–Crippen LogP) is 18.5. The van der Waals surface area contributed by atoms with Crippen LogP contribution in [0, 0.1) is 0 Å². The summed E-state index contributed by atoms with van der Waals surface area (Å²) in [5.74, 6) is 0. The number of anilines is 6. The highest BCUT2D eigenvalue weighted by Crippen LogP contribution is 2.52. The van der Waals surface area contributed by atoms with Gasteiger partial charge in [-0.05, 0) is 160 Å². The van der Waals surface area contributed by atoms with E-state index in [9.17, 15) is 0 Å². The number of thiophene rings is 2. The first-order valence-corrected chi connectivity index (χ1v) is 27.8. The summed E-state index contributed by atoms with van der Waals surface area (Å²) < 4.78 is 5.50. The Bertz CT molecular complexity index is 4050. The number of benzene rings is 9. The maximum atomic E-state index is 2.66. The molecule has 11 aromatic rings. The lowest BCUT2D eigenvalue weighted by atomic mass is 9.39. The van der Waals surface area contributed by atoms with E-state index >= 15 is 0 Å². The van der Waals surface area contributed by atoms with Crippen LogP contribution in [0.5, 0.6) is 0 Å². The van der Waals surface area contributed by atoms with E-state index in [1.54, 1.807) is 0 Å². The fourth-order valence-corrected chi connectivity index (χ4v) is 14.8. The second kappa shape index (κ2) is 15.9. The molecule has 5 heteroatoms. The summed E-state index contributed by atoms with van der Waals surface area (Å²) in [5, 5.41) is 10.4. The van der Waals surface area contributed by atoms with Crippen molar-refractivity contribution in [2.45, 2.75) is 105 Å². The quantitative estimate of drug-likeness (QED) is 0.129. The number of rotatable bonds is 3. The molecule has 0 radical (unpaired) electrons. The Kier molecular flexibility index (Phi) is 10.1. The van der Waals surface area contributed by atoms with Crippen molar-refractivity contribution in [3.05, 3.63) is 186 Å². The van der Waals surface area contributed by atoms with Crippen LogP contribution in [0.4, 0.5) is 34.1 Å². The van der Waals surface area contributed by atoms with Gasteiger partial charge in [0.1, 0.15) is 0 Å². The van der Waals surface area contributed by atoms with Crippen molar-refractivity contribution in [1.82, 2.24) is 0 Å². The van der Waals surface area contributed by atoms with Crippen molar-refractivity contribution in [1.29, 1.82) is 0 Å². The van der Waals surface area contributed by atoms with Gasteiger partial charge in [0.05, 0.1) is 11.4 Å². The first kappa shape index (κ1) is 46.2. The third-order valence-electron chi connectivity index (χ3n) is 16.0. The number of fused-ring (bicyclic) bond motifs is 14. The molecular formula is C68H63BN2S2. The zero-order valence-electron chi connectivity index (χ0n) is 44.4. The molecule has 4 heterocycles. The van der Waals surface area contributed by atoms with Gasteiger partial charge in [-0.15, -0.1) is 22.7 Å². The summed E-state index contributed by atoms with van der Waals surface area (Å²) in [6.45, 7) is 28.1. The van der Waals surface area contributed by atoms with Gasteiger partial charge in [0.15, 0.2) is 0 Å². The normalized spacial score (nSPS) is 13.9. The van der Waals surface area contributed by atoms with Crippen molar-refractivity contribution in [2.75, 3.05) is 9.80 Å². The van der Waals surface area contributed by atoms with Gasteiger partial charge in [-0.3, -0.25) is 0 Å². The fourth-order valence-electron chi connectivity index (χ4n) is 12.1. The molecule has 0 spiro atoms. The van der Waals surface area contributed by atoms with Gasteiger partial charge >= 0.3 is 0 Å². The SMILES string of the molecule is CC(C)(C)c1ccc(N2c3cccc4c3B(c3sc5ccc(C(C)(C)C)cc5c32)c2sc3ccc(C(C)(C)C)cc3c2N4c2ccc(C(C)(C)C)c(-c3ccc4c5ccccc5c5ccccc5c4c3)c2)cc1. The van der Waals surface area contributed by atoms with E-state index in [2.05, 4.69) is 257 Å². The van der Waals surface area contributed by atoms with Crippen LogP contribution in [0.15, 0.2) is 164 Å². The molecule has 2 aliphatic heterocycles. The van der Waals surface area contributed by atoms with Gasteiger partial charge in [-0.2, -0.15) is 0 Å². The lowest BCUT2D eigenvalue weighted by Crippen LogP contribution is -2.59. The molecule has 13 rings (SSSR count). The van der Waals surface area contributed by atoms with Crippen molar-refractivity contribution in [3.63, 3.8) is 0 Å².